The molecule has 0 radical (unpaired) electrons. The summed E-state index contributed by atoms with van der Waals surface area (Å²) < 4.78 is 44.0. The molecule has 0 saturated carbocycles. The smallest absolute Gasteiger partial charge is 0.428 e. The van der Waals surface area contributed by atoms with Crippen molar-refractivity contribution in [2.75, 3.05) is 0 Å². The summed E-state index contributed by atoms with van der Waals surface area (Å²) in [5, 5.41) is 9.19. The maximum Gasteiger partial charge on any atom is 0.573 e. The van der Waals surface area contributed by atoms with Crippen LogP contribution in [0.4, 0.5) is 13.2 Å². The molecule has 1 unspecified atom stereocenters. The van der Waals surface area contributed by atoms with Crippen molar-refractivity contribution >= 4 is 5.97 Å². The average Bonchev–Trinajstić information content (AvgIpc) is 2.41. The van der Waals surface area contributed by atoms with Crippen molar-refractivity contribution < 1.29 is 32.5 Å². The van der Waals surface area contributed by atoms with E-state index in [4.69, 9.17) is 0 Å². The van der Waals surface area contributed by atoms with Crippen molar-refractivity contribution in [1.82, 2.24) is 0 Å². The van der Waals surface area contributed by atoms with Gasteiger partial charge in [-0.3, -0.25) is 0 Å². The monoisotopic (exact) mass is 234 g/mol. The van der Waals surface area contributed by atoms with Gasteiger partial charge in [0.15, 0.2) is 0 Å². The highest BCUT2D eigenvalue weighted by molar-refractivity contribution is 5.96. The number of aliphatic hydroxyl groups excluding tert-OH is 1. The van der Waals surface area contributed by atoms with Gasteiger partial charge in [-0.25, -0.2) is 4.79 Å². The molecule has 1 heterocycles. The molecule has 86 valence electrons. The molecule has 0 bridgehead atoms. The number of hydrogen-bond donors (Lipinski definition) is 1. The fourth-order valence-corrected chi connectivity index (χ4v) is 1.41. The fourth-order valence-electron chi connectivity index (χ4n) is 1.41. The van der Waals surface area contributed by atoms with Crippen LogP contribution in [0.5, 0.6) is 5.75 Å². The van der Waals surface area contributed by atoms with Crippen LogP contribution in [0.1, 0.15) is 22.2 Å². The second-order valence-electron chi connectivity index (χ2n) is 3.03. The van der Waals surface area contributed by atoms with Crippen LogP contribution in [0.3, 0.4) is 0 Å². The van der Waals surface area contributed by atoms with Gasteiger partial charge in [-0.15, -0.1) is 13.2 Å². The zero-order chi connectivity index (χ0) is 11.9. The van der Waals surface area contributed by atoms with Gasteiger partial charge in [-0.2, -0.15) is 0 Å². The van der Waals surface area contributed by atoms with Crippen LogP contribution >= 0.6 is 0 Å². The third-order valence-electron chi connectivity index (χ3n) is 1.97. The van der Waals surface area contributed by atoms with E-state index < -0.39 is 29.9 Å². The third-order valence-corrected chi connectivity index (χ3v) is 1.97. The number of ether oxygens (including phenoxy) is 2. The number of alkyl halides is 3. The Bertz CT molecular complexity index is 441. The minimum absolute atomic E-state index is 0.0354. The van der Waals surface area contributed by atoms with E-state index >= 15 is 0 Å². The lowest BCUT2D eigenvalue weighted by molar-refractivity contribution is -0.274. The number of rotatable bonds is 1. The van der Waals surface area contributed by atoms with Crippen LogP contribution in [0.2, 0.25) is 0 Å². The number of fused-ring (bicyclic) bond motifs is 1. The van der Waals surface area contributed by atoms with Crippen molar-refractivity contribution in [3.05, 3.63) is 29.3 Å². The largest absolute Gasteiger partial charge is 0.573 e. The van der Waals surface area contributed by atoms with Gasteiger partial charge in [0, 0.05) is 5.56 Å². The number of aliphatic hydroxyl groups is 1. The Morgan fingerprint density at radius 1 is 1.38 bits per heavy atom. The molecule has 0 aromatic heterocycles. The van der Waals surface area contributed by atoms with Gasteiger partial charge in [0.05, 0.1) is 0 Å². The van der Waals surface area contributed by atoms with Crippen LogP contribution in [0, 0.1) is 0 Å². The van der Waals surface area contributed by atoms with Crippen LogP contribution in [0.15, 0.2) is 18.2 Å². The minimum atomic E-state index is -4.90. The van der Waals surface area contributed by atoms with Gasteiger partial charge < -0.3 is 14.6 Å². The van der Waals surface area contributed by atoms with E-state index in [0.717, 1.165) is 6.07 Å². The summed E-state index contributed by atoms with van der Waals surface area (Å²) >= 11 is 0. The Labute approximate surface area is 87.2 Å². The number of cyclic esters (lactones) is 1. The summed E-state index contributed by atoms with van der Waals surface area (Å²) in [5.41, 5.74) is -0.431. The maximum absolute atomic E-state index is 12.0. The first-order valence-corrected chi connectivity index (χ1v) is 4.16. The van der Waals surface area contributed by atoms with Gasteiger partial charge >= 0.3 is 12.3 Å². The zero-order valence-corrected chi connectivity index (χ0v) is 7.62. The average molecular weight is 234 g/mol. The fraction of sp³-hybridized carbons (Fsp3) is 0.222. The Balaban J connectivity index is 2.46. The lowest BCUT2D eigenvalue weighted by Crippen LogP contribution is -2.18. The highest BCUT2D eigenvalue weighted by atomic mass is 19.4. The first kappa shape index (κ1) is 10.7. The van der Waals surface area contributed by atoms with Crippen LogP contribution in [-0.2, 0) is 4.74 Å². The summed E-state index contributed by atoms with van der Waals surface area (Å²) in [4.78, 5) is 11.2. The molecule has 0 fully saturated rings. The summed E-state index contributed by atoms with van der Waals surface area (Å²) in [5.74, 6) is -1.71. The number of carbonyl (C=O) groups is 1. The van der Waals surface area contributed by atoms with Gasteiger partial charge in [-0.05, 0) is 6.07 Å². The number of benzene rings is 1. The molecule has 1 aliphatic rings. The Kier molecular flexibility index (Phi) is 2.27. The molecule has 1 aromatic rings. The van der Waals surface area contributed by atoms with Gasteiger partial charge in [0.2, 0.25) is 6.29 Å². The SMILES string of the molecule is O=C1OC(O)c2cccc(OC(F)(F)F)c21. The predicted octanol–water partition coefficient (Wildman–Crippen LogP) is 1.75. The Morgan fingerprint density at radius 2 is 2.06 bits per heavy atom. The van der Waals surface area contributed by atoms with Crippen molar-refractivity contribution in [3.63, 3.8) is 0 Å². The van der Waals surface area contributed by atoms with Crippen molar-refractivity contribution in [2.45, 2.75) is 12.7 Å². The van der Waals surface area contributed by atoms with Gasteiger partial charge in [-0.1, -0.05) is 12.1 Å². The molecule has 0 amide bonds. The Morgan fingerprint density at radius 3 is 2.69 bits per heavy atom. The van der Waals surface area contributed by atoms with Crippen molar-refractivity contribution in [1.29, 1.82) is 0 Å². The van der Waals surface area contributed by atoms with Gasteiger partial charge in [0.1, 0.15) is 11.3 Å². The first-order valence-electron chi connectivity index (χ1n) is 4.16. The molecule has 1 N–H and O–H groups in total. The maximum atomic E-state index is 12.0. The summed E-state index contributed by atoms with van der Waals surface area (Å²) in [7, 11) is 0. The summed E-state index contributed by atoms with van der Waals surface area (Å²) in [6.45, 7) is 0. The quantitative estimate of drug-likeness (QED) is 0.752. The third kappa shape index (κ3) is 1.81. The molecule has 16 heavy (non-hydrogen) atoms. The molecule has 1 aliphatic heterocycles. The molecule has 4 nitrogen and oxygen atoms in total. The molecule has 0 saturated heterocycles. The minimum Gasteiger partial charge on any atom is -0.428 e. The lowest BCUT2D eigenvalue weighted by Gasteiger charge is -2.10. The molecule has 1 aromatic carbocycles. The van der Waals surface area contributed by atoms with E-state index in [0.29, 0.717) is 0 Å². The first-order chi connectivity index (χ1) is 7.38. The predicted molar refractivity (Wildman–Crippen MR) is 43.5 cm³/mol. The van der Waals surface area contributed by atoms with Crippen LogP contribution < -0.4 is 4.74 Å². The standard InChI is InChI=1S/C9H5F3O4/c10-9(11,12)16-5-3-1-2-4-6(5)8(14)15-7(4)13/h1-3,7,13H. The van der Waals surface area contributed by atoms with E-state index in [9.17, 15) is 23.1 Å². The van der Waals surface area contributed by atoms with Crippen LogP contribution in [0.25, 0.3) is 0 Å². The summed E-state index contributed by atoms with van der Waals surface area (Å²) in [6, 6.07) is 3.49. The van der Waals surface area contributed by atoms with Crippen molar-refractivity contribution in [2.24, 2.45) is 0 Å². The highest BCUT2D eigenvalue weighted by Gasteiger charge is 2.38. The van der Waals surface area contributed by atoms with Crippen molar-refractivity contribution in [3.8, 4) is 5.75 Å². The van der Waals surface area contributed by atoms with E-state index in [1.165, 1.54) is 12.1 Å². The molecule has 1 atom stereocenters. The molecule has 0 aliphatic carbocycles. The van der Waals surface area contributed by atoms with Gasteiger partial charge in [0.25, 0.3) is 0 Å². The summed E-state index contributed by atoms with van der Waals surface area (Å²) in [6.07, 6.45) is -6.44. The highest BCUT2D eigenvalue weighted by Crippen LogP contribution is 2.36. The molecule has 7 heteroatoms. The molecule has 0 spiro atoms. The number of halogens is 3. The molecular formula is C9H5F3O4. The lowest BCUT2D eigenvalue weighted by atomic mass is 10.1. The number of esters is 1. The second-order valence-corrected chi connectivity index (χ2v) is 3.03. The Hall–Kier alpha value is -1.76. The number of hydrogen-bond acceptors (Lipinski definition) is 4. The van der Waals surface area contributed by atoms with E-state index in [-0.39, 0.29) is 5.56 Å². The topological polar surface area (TPSA) is 55.8 Å². The normalized spacial score (nSPS) is 19.2. The molecular weight excluding hydrogens is 229 g/mol. The van der Waals surface area contributed by atoms with E-state index in [2.05, 4.69) is 9.47 Å². The van der Waals surface area contributed by atoms with E-state index in [1.54, 1.807) is 0 Å². The zero-order valence-electron chi connectivity index (χ0n) is 7.62. The second kappa shape index (κ2) is 3.38. The van der Waals surface area contributed by atoms with E-state index in [1.807, 2.05) is 0 Å². The molecule has 2 rings (SSSR count). The van der Waals surface area contributed by atoms with Crippen LogP contribution in [-0.4, -0.2) is 17.4 Å². The number of carbonyl (C=O) groups excluding carboxylic acids is 1.